The van der Waals surface area contributed by atoms with E-state index in [0.717, 1.165) is 44.7 Å². The van der Waals surface area contributed by atoms with Crippen LogP contribution in [-0.2, 0) is 9.53 Å². The summed E-state index contributed by atoms with van der Waals surface area (Å²) in [5.74, 6) is 0.0957. The van der Waals surface area contributed by atoms with Gasteiger partial charge >= 0.3 is 0 Å². The number of hydrogen-bond acceptors (Lipinski definition) is 3. The van der Waals surface area contributed by atoms with Gasteiger partial charge in [0.25, 0.3) is 0 Å². The summed E-state index contributed by atoms with van der Waals surface area (Å²) in [5, 5.41) is 6.21. The predicted octanol–water partition coefficient (Wildman–Crippen LogP) is 0.201. The Morgan fingerprint density at radius 2 is 2.07 bits per heavy atom. The van der Waals surface area contributed by atoms with Crippen molar-refractivity contribution < 1.29 is 9.53 Å². The van der Waals surface area contributed by atoms with E-state index in [1.807, 2.05) is 6.92 Å². The highest BCUT2D eigenvalue weighted by Gasteiger charge is 2.20. The zero-order valence-corrected chi connectivity index (χ0v) is 9.14. The van der Waals surface area contributed by atoms with Crippen molar-refractivity contribution in [3.63, 3.8) is 0 Å². The van der Waals surface area contributed by atoms with Crippen LogP contribution in [-0.4, -0.2) is 38.3 Å². The van der Waals surface area contributed by atoms with Crippen molar-refractivity contribution in [1.29, 1.82) is 0 Å². The quantitative estimate of drug-likeness (QED) is 0.640. The van der Waals surface area contributed by atoms with E-state index in [2.05, 4.69) is 10.6 Å². The van der Waals surface area contributed by atoms with E-state index in [0.29, 0.717) is 6.04 Å². The Morgan fingerprint density at radius 3 is 2.60 bits per heavy atom. The Labute approximate surface area is 90.1 Å². The average Bonchev–Trinajstić information content (AvgIpc) is 2.16. The molecule has 0 radical (unpaired) electrons. The molecule has 2 N–H and O–H groups in total. The first-order chi connectivity index (χ1) is 7.27. The van der Waals surface area contributed by atoms with Crippen molar-refractivity contribution in [2.75, 3.05) is 26.3 Å². The standard InChI is InChI=1S/C11H18N2O2/c1-8(9-6-12-7-9)11(14)13-10-2-4-15-5-3-10/h10,12H,2-7H2,1H3,(H,13,14). The number of rotatable bonds is 2. The van der Waals surface area contributed by atoms with E-state index in [4.69, 9.17) is 4.74 Å². The molecule has 0 aromatic carbocycles. The van der Waals surface area contributed by atoms with Crippen LogP contribution < -0.4 is 10.6 Å². The normalized spacial score (nSPS) is 22.1. The molecule has 2 rings (SSSR count). The molecule has 2 aliphatic rings. The molecule has 1 amide bonds. The van der Waals surface area contributed by atoms with Crippen LogP contribution in [0.4, 0.5) is 0 Å². The van der Waals surface area contributed by atoms with Gasteiger partial charge in [-0.25, -0.2) is 0 Å². The number of hydrogen-bond donors (Lipinski definition) is 2. The fourth-order valence-electron chi connectivity index (χ4n) is 1.81. The van der Waals surface area contributed by atoms with Gasteiger partial charge in [0.05, 0.1) is 0 Å². The van der Waals surface area contributed by atoms with E-state index in [1.54, 1.807) is 0 Å². The molecule has 0 aliphatic carbocycles. The third-order valence-electron chi connectivity index (χ3n) is 3.10. The highest BCUT2D eigenvalue weighted by Crippen LogP contribution is 2.11. The first kappa shape index (κ1) is 10.6. The molecule has 2 fully saturated rings. The molecule has 0 bridgehead atoms. The lowest BCUT2D eigenvalue weighted by Gasteiger charge is -2.25. The number of nitrogens with one attached hydrogen (secondary N) is 2. The summed E-state index contributed by atoms with van der Waals surface area (Å²) < 4.78 is 5.25. The predicted molar refractivity (Wildman–Crippen MR) is 57.6 cm³/mol. The minimum absolute atomic E-state index is 0.0957. The fraction of sp³-hybridized carbons (Fsp3) is 0.727. The number of amides is 1. The summed E-state index contributed by atoms with van der Waals surface area (Å²) in [6, 6.07) is 0.301. The highest BCUT2D eigenvalue weighted by atomic mass is 16.5. The van der Waals surface area contributed by atoms with Crippen molar-refractivity contribution in [3.05, 3.63) is 11.1 Å². The van der Waals surface area contributed by atoms with E-state index >= 15 is 0 Å². The van der Waals surface area contributed by atoms with Gasteiger partial charge in [-0.2, -0.15) is 0 Å². The van der Waals surface area contributed by atoms with Gasteiger partial charge in [0.2, 0.25) is 5.91 Å². The monoisotopic (exact) mass is 210 g/mol. The first-order valence-electron chi connectivity index (χ1n) is 5.55. The molecule has 2 aliphatic heterocycles. The molecule has 2 heterocycles. The van der Waals surface area contributed by atoms with Gasteiger partial charge < -0.3 is 15.4 Å². The third-order valence-corrected chi connectivity index (χ3v) is 3.10. The Kier molecular flexibility index (Phi) is 3.38. The Bertz CT molecular complexity index is 274. The number of ether oxygens (including phenoxy) is 1. The van der Waals surface area contributed by atoms with Gasteiger partial charge in [-0.05, 0) is 25.3 Å². The molecule has 0 saturated carbocycles. The summed E-state index contributed by atoms with van der Waals surface area (Å²) in [7, 11) is 0. The molecule has 4 nitrogen and oxygen atoms in total. The summed E-state index contributed by atoms with van der Waals surface area (Å²) in [4.78, 5) is 11.8. The van der Waals surface area contributed by atoms with E-state index in [9.17, 15) is 4.79 Å². The smallest absolute Gasteiger partial charge is 0.247 e. The molecule has 2 saturated heterocycles. The zero-order valence-electron chi connectivity index (χ0n) is 9.14. The zero-order chi connectivity index (χ0) is 10.7. The minimum Gasteiger partial charge on any atom is -0.381 e. The van der Waals surface area contributed by atoms with E-state index in [-0.39, 0.29) is 5.91 Å². The van der Waals surface area contributed by atoms with Crippen molar-refractivity contribution in [1.82, 2.24) is 10.6 Å². The van der Waals surface area contributed by atoms with Gasteiger partial charge in [-0.3, -0.25) is 4.79 Å². The van der Waals surface area contributed by atoms with Gasteiger partial charge in [0.1, 0.15) is 0 Å². The van der Waals surface area contributed by atoms with Crippen LogP contribution in [0.1, 0.15) is 19.8 Å². The minimum atomic E-state index is 0.0957. The van der Waals surface area contributed by atoms with Crippen molar-refractivity contribution in [2.45, 2.75) is 25.8 Å². The second-order valence-corrected chi connectivity index (χ2v) is 4.19. The Morgan fingerprint density at radius 1 is 1.40 bits per heavy atom. The molecule has 0 atom stereocenters. The van der Waals surface area contributed by atoms with Crippen LogP contribution in [0.3, 0.4) is 0 Å². The number of carbonyl (C=O) groups excluding carboxylic acids is 1. The Hall–Kier alpha value is -0.870. The van der Waals surface area contributed by atoms with Crippen LogP contribution in [0.2, 0.25) is 0 Å². The molecule has 4 heteroatoms. The van der Waals surface area contributed by atoms with Crippen molar-refractivity contribution in [3.8, 4) is 0 Å². The summed E-state index contributed by atoms with van der Waals surface area (Å²) in [5.41, 5.74) is 2.12. The fourth-order valence-corrected chi connectivity index (χ4v) is 1.81. The van der Waals surface area contributed by atoms with Crippen LogP contribution >= 0.6 is 0 Å². The largest absolute Gasteiger partial charge is 0.381 e. The van der Waals surface area contributed by atoms with Crippen molar-refractivity contribution in [2.24, 2.45) is 0 Å². The SMILES string of the molecule is CC(C(=O)NC1CCOCC1)=C1CNC1. The van der Waals surface area contributed by atoms with E-state index in [1.165, 1.54) is 5.57 Å². The summed E-state index contributed by atoms with van der Waals surface area (Å²) >= 11 is 0. The molecule has 0 aromatic rings. The van der Waals surface area contributed by atoms with Crippen LogP contribution in [0, 0.1) is 0 Å². The number of carbonyl (C=O) groups is 1. The molecular formula is C11H18N2O2. The maximum Gasteiger partial charge on any atom is 0.247 e. The topological polar surface area (TPSA) is 50.4 Å². The highest BCUT2D eigenvalue weighted by molar-refractivity contribution is 5.94. The first-order valence-corrected chi connectivity index (χ1v) is 5.55. The molecule has 84 valence electrons. The van der Waals surface area contributed by atoms with Crippen LogP contribution in [0.25, 0.3) is 0 Å². The van der Waals surface area contributed by atoms with Gasteiger partial charge in [0.15, 0.2) is 0 Å². The van der Waals surface area contributed by atoms with Gasteiger partial charge in [0, 0.05) is 37.9 Å². The lowest BCUT2D eigenvalue weighted by molar-refractivity contribution is -0.118. The molecule has 0 spiro atoms. The third kappa shape index (κ3) is 2.58. The van der Waals surface area contributed by atoms with Crippen LogP contribution in [0.15, 0.2) is 11.1 Å². The molecule has 0 aromatic heterocycles. The van der Waals surface area contributed by atoms with Crippen LogP contribution in [0.5, 0.6) is 0 Å². The lowest BCUT2D eigenvalue weighted by Crippen LogP contribution is -2.42. The molecule has 0 unspecified atom stereocenters. The Balaban J connectivity index is 1.85. The second-order valence-electron chi connectivity index (χ2n) is 4.19. The molecular weight excluding hydrogens is 192 g/mol. The van der Waals surface area contributed by atoms with Crippen molar-refractivity contribution >= 4 is 5.91 Å². The summed E-state index contributed by atoms with van der Waals surface area (Å²) in [6.07, 6.45) is 1.87. The van der Waals surface area contributed by atoms with Gasteiger partial charge in [-0.1, -0.05) is 0 Å². The lowest BCUT2D eigenvalue weighted by atomic mass is 10.0. The summed E-state index contributed by atoms with van der Waals surface area (Å²) in [6.45, 7) is 5.18. The maximum atomic E-state index is 11.8. The second kappa shape index (κ2) is 4.77. The average molecular weight is 210 g/mol. The van der Waals surface area contributed by atoms with E-state index < -0.39 is 0 Å². The maximum absolute atomic E-state index is 11.8. The molecule has 15 heavy (non-hydrogen) atoms. The van der Waals surface area contributed by atoms with Gasteiger partial charge in [-0.15, -0.1) is 0 Å².